The lowest BCUT2D eigenvalue weighted by Gasteiger charge is -2.45. The first kappa shape index (κ1) is 31.4. The Labute approximate surface area is 160 Å². The summed E-state index contributed by atoms with van der Waals surface area (Å²) in [6.07, 6.45) is -35.3. The van der Waals surface area contributed by atoms with Gasteiger partial charge in [-0.25, -0.2) is 0 Å². The van der Waals surface area contributed by atoms with E-state index in [4.69, 9.17) is 0 Å². The van der Waals surface area contributed by atoms with E-state index in [0.717, 1.165) is 6.42 Å². The van der Waals surface area contributed by atoms with Crippen molar-refractivity contribution in [1.82, 2.24) is 0 Å². The van der Waals surface area contributed by atoms with Crippen molar-refractivity contribution in [3.8, 4) is 0 Å². The fourth-order valence-corrected chi connectivity index (χ4v) is 1.81. The molecule has 0 N–H and O–H groups in total. The van der Waals surface area contributed by atoms with Crippen molar-refractivity contribution in [2.24, 2.45) is 5.41 Å². The van der Waals surface area contributed by atoms with Crippen LogP contribution in [-0.4, -0.2) is 36.6 Å². The van der Waals surface area contributed by atoms with E-state index in [2.05, 4.69) is 13.5 Å². The summed E-state index contributed by atoms with van der Waals surface area (Å²) in [5.74, 6) is -16.7. The van der Waals surface area contributed by atoms with Crippen molar-refractivity contribution in [2.75, 3.05) is 0 Å². The molecule has 0 aromatic rings. The highest BCUT2D eigenvalue weighted by atomic mass is 19.4. The van der Waals surface area contributed by atoms with Crippen molar-refractivity contribution in [2.45, 2.75) is 49.9 Å². The number of allylic oxidation sites excluding steroid dienone is 2. The maximum atomic E-state index is 13.1. The van der Waals surface area contributed by atoms with Gasteiger partial charge >= 0.3 is 36.6 Å². The van der Waals surface area contributed by atoms with Gasteiger partial charge in [0.1, 0.15) is 5.57 Å². The first-order valence-electron chi connectivity index (χ1n) is 6.93. The molecule has 0 bridgehead atoms. The highest BCUT2D eigenvalue weighted by Gasteiger charge is 2.94. The second kappa shape index (κ2) is 8.99. The van der Waals surface area contributed by atoms with E-state index in [-0.39, 0.29) is 0 Å². The lowest BCUT2D eigenvalue weighted by atomic mass is 9.70. The average Bonchev–Trinajstić information content (AvgIpc) is 2.46. The van der Waals surface area contributed by atoms with Gasteiger partial charge in [0.15, 0.2) is 0 Å². The highest BCUT2D eigenvalue weighted by Crippen LogP contribution is 2.70. The third-order valence-electron chi connectivity index (χ3n) is 3.20. The minimum atomic E-state index is -8.66. The molecule has 0 aliphatic heterocycles. The Morgan fingerprint density at radius 2 is 0.903 bits per heavy atom. The van der Waals surface area contributed by atoms with Crippen LogP contribution in [0.1, 0.15) is 13.3 Å². The monoisotopic (exact) mass is 506 g/mol. The van der Waals surface area contributed by atoms with Crippen molar-refractivity contribution in [3.05, 3.63) is 24.3 Å². The largest absolute Gasteiger partial charge is 0.457 e. The zero-order valence-corrected chi connectivity index (χ0v) is 14.3. The minimum Gasteiger partial charge on any atom is -0.195 e. The lowest BCUT2D eigenvalue weighted by molar-refractivity contribution is -0.443. The molecule has 0 aliphatic carbocycles. The molecule has 0 heterocycles. The van der Waals surface area contributed by atoms with Crippen LogP contribution >= 0.6 is 0 Å². The Hall–Kier alpha value is -1.78. The number of rotatable bonds is 4. The van der Waals surface area contributed by atoms with Crippen LogP contribution in [-0.2, 0) is 0 Å². The molecule has 0 radical (unpaired) electrons. The van der Waals surface area contributed by atoms with Gasteiger partial charge in [-0.3, -0.25) is 0 Å². The van der Waals surface area contributed by atoms with E-state index in [0.29, 0.717) is 0 Å². The molecule has 0 aliphatic rings. The van der Waals surface area contributed by atoms with Gasteiger partial charge in [-0.05, 0) is 6.42 Å². The standard InChI is InChI=1S/C9F18.C4H8/c10-2(11)1(4(12,13)8(22,23)24)3(6(16,17)18,7(19,20)21)5(14,15)9(25,26)27;1-3-4-2/h;3H,1,4H2,2H3. The summed E-state index contributed by atoms with van der Waals surface area (Å²) in [5.41, 5.74) is -14.5. The van der Waals surface area contributed by atoms with E-state index in [1.54, 1.807) is 0 Å². The van der Waals surface area contributed by atoms with Crippen LogP contribution in [0.5, 0.6) is 0 Å². The van der Waals surface area contributed by atoms with E-state index in [1.165, 1.54) is 0 Å². The molecular formula is C13H8F18. The topological polar surface area (TPSA) is 0 Å². The molecule has 0 aromatic carbocycles. The second-order valence-corrected chi connectivity index (χ2v) is 5.22. The normalized spacial score (nSPS) is 14.5. The van der Waals surface area contributed by atoms with Gasteiger partial charge < -0.3 is 0 Å². The number of halogens is 18. The van der Waals surface area contributed by atoms with Gasteiger partial charge in [-0.1, -0.05) is 13.0 Å². The highest BCUT2D eigenvalue weighted by molar-refractivity contribution is 5.34. The molecule has 0 unspecified atom stereocenters. The maximum Gasteiger partial charge on any atom is 0.457 e. The van der Waals surface area contributed by atoms with Gasteiger partial charge in [0.2, 0.25) is 0 Å². The van der Waals surface area contributed by atoms with Crippen LogP contribution in [0.25, 0.3) is 0 Å². The minimum absolute atomic E-state index is 1.08. The predicted octanol–water partition coefficient (Wildman–Crippen LogP) is 8.23. The van der Waals surface area contributed by atoms with E-state index >= 15 is 0 Å². The Morgan fingerprint density at radius 1 is 0.613 bits per heavy atom. The van der Waals surface area contributed by atoms with Gasteiger partial charge in [0.05, 0.1) is 0 Å². The second-order valence-electron chi connectivity index (χ2n) is 5.22. The molecule has 0 rings (SSSR count). The van der Waals surface area contributed by atoms with Gasteiger partial charge in [-0.2, -0.15) is 79.0 Å². The van der Waals surface area contributed by atoms with Crippen LogP contribution in [0.3, 0.4) is 0 Å². The molecule has 0 saturated heterocycles. The molecule has 18 heteroatoms. The molecule has 0 saturated carbocycles. The summed E-state index contributed by atoms with van der Waals surface area (Å²) in [7, 11) is 0. The predicted molar refractivity (Wildman–Crippen MR) is 66.3 cm³/mol. The maximum absolute atomic E-state index is 13.1. The van der Waals surface area contributed by atoms with Gasteiger partial charge in [-0.15, -0.1) is 6.58 Å². The van der Waals surface area contributed by atoms with E-state index in [1.807, 2.05) is 6.08 Å². The Balaban J connectivity index is 0. The van der Waals surface area contributed by atoms with Gasteiger partial charge in [0.25, 0.3) is 11.5 Å². The zero-order valence-electron chi connectivity index (χ0n) is 14.3. The average molecular weight is 506 g/mol. The van der Waals surface area contributed by atoms with Crippen molar-refractivity contribution in [3.63, 3.8) is 0 Å². The fraction of sp³-hybridized carbons (Fsp3) is 0.692. The van der Waals surface area contributed by atoms with Crippen LogP contribution in [0.2, 0.25) is 0 Å². The number of alkyl halides is 16. The van der Waals surface area contributed by atoms with Gasteiger partial charge in [0, 0.05) is 0 Å². The molecule has 0 nitrogen and oxygen atoms in total. The summed E-state index contributed by atoms with van der Waals surface area (Å²) < 4.78 is 226. The van der Waals surface area contributed by atoms with E-state index < -0.39 is 53.6 Å². The molecule has 0 amide bonds. The molecule has 0 aromatic heterocycles. The third kappa shape index (κ3) is 5.35. The van der Waals surface area contributed by atoms with E-state index in [9.17, 15) is 79.0 Å². The first-order chi connectivity index (χ1) is 13.2. The molecule has 0 atom stereocenters. The molecule has 0 fully saturated rings. The Bertz CT molecular complexity index is 619. The Kier molecular flexibility index (Phi) is 9.11. The van der Waals surface area contributed by atoms with Crippen LogP contribution < -0.4 is 0 Å². The van der Waals surface area contributed by atoms with Crippen molar-refractivity contribution >= 4 is 0 Å². The quantitative estimate of drug-likeness (QED) is 0.266. The SMILES string of the molecule is C=CCC.FC(F)=C(C(F)(F)C(F)(F)F)C(C(F)(F)F)(C(F)(F)F)C(F)(F)C(F)(F)F. The number of hydrogen-bond acceptors (Lipinski definition) is 0. The van der Waals surface area contributed by atoms with Crippen LogP contribution in [0.4, 0.5) is 79.0 Å². The van der Waals surface area contributed by atoms with Crippen LogP contribution in [0.15, 0.2) is 24.3 Å². The molecule has 31 heavy (non-hydrogen) atoms. The smallest absolute Gasteiger partial charge is 0.195 e. The summed E-state index contributed by atoms with van der Waals surface area (Å²) in [6, 6.07) is 0. The number of hydrogen-bond donors (Lipinski definition) is 0. The molecule has 0 spiro atoms. The summed E-state index contributed by atoms with van der Waals surface area (Å²) in [4.78, 5) is 0. The Morgan fingerprint density at radius 3 is 1.03 bits per heavy atom. The molecule has 186 valence electrons. The summed E-state index contributed by atoms with van der Waals surface area (Å²) in [5, 5.41) is 0. The lowest BCUT2D eigenvalue weighted by Crippen LogP contribution is -2.70. The summed E-state index contributed by atoms with van der Waals surface area (Å²) in [6.45, 7) is 5.54. The first-order valence-corrected chi connectivity index (χ1v) is 6.93. The van der Waals surface area contributed by atoms with Crippen molar-refractivity contribution < 1.29 is 79.0 Å². The van der Waals surface area contributed by atoms with Crippen LogP contribution in [0, 0.1) is 5.41 Å². The molecular weight excluding hydrogens is 498 g/mol. The summed E-state index contributed by atoms with van der Waals surface area (Å²) >= 11 is 0. The third-order valence-corrected chi connectivity index (χ3v) is 3.20. The fourth-order valence-electron chi connectivity index (χ4n) is 1.81. The van der Waals surface area contributed by atoms with Crippen molar-refractivity contribution in [1.29, 1.82) is 0 Å². The zero-order chi connectivity index (χ0) is 26.1.